The third kappa shape index (κ3) is 2.62. The number of anilines is 1. The fourth-order valence-electron chi connectivity index (χ4n) is 2.85. The zero-order valence-electron chi connectivity index (χ0n) is 11.7. The second-order valence-corrected chi connectivity index (χ2v) is 6.18. The highest BCUT2D eigenvalue weighted by atomic mass is 19.4. The molecule has 0 aromatic carbocycles. The molecule has 2 aliphatic rings. The molecule has 1 aromatic heterocycles. The summed E-state index contributed by atoms with van der Waals surface area (Å²) in [5.74, 6) is -0.347. The van der Waals surface area contributed by atoms with Crippen molar-refractivity contribution in [3.05, 3.63) is 23.4 Å². The van der Waals surface area contributed by atoms with Crippen LogP contribution in [0.15, 0.2) is 12.1 Å². The number of aromatic nitrogens is 1. The van der Waals surface area contributed by atoms with Gasteiger partial charge in [0, 0.05) is 6.04 Å². The van der Waals surface area contributed by atoms with Crippen LogP contribution in [0.2, 0.25) is 0 Å². The minimum atomic E-state index is -4.52. The van der Waals surface area contributed by atoms with Gasteiger partial charge in [-0.15, -0.1) is 0 Å². The maximum Gasteiger partial charge on any atom is 0.433 e. The Hall–Kier alpha value is -1.63. The third-order valence-electron chi connectivity index (χ3n) is 4.37. The number of nitrogens with zero attached hydrogens (tertiary/aromatic N) is 1. The van der Waals surface area contributed by atoms with Gasteiger partial charge in [-0.3, -0.25) is 4.79 Å². The molecule has 0 bridgehead atoms. The van der Waals surface area contributed by atoms with E-state index in [4.69, 9.17) is 0 Å². The normalized spacial score (nSPS) is 30.9. The molecule has 2 fully saturated rings. The van der Waals surface area contributed by atoms with E-state index < -0.39 is 11.9 Å². The smallest absolute Gasteiger partial charge is 0.309 e. The molecule has 0 radical (unpaired) electrons. The summed E-state index contributed by atoms with van der Waals surface area (Å²) in [6.07, 6.45) is -2.76. The van der Waals surface area contributed by atoms with E-state index in [2.05, 4.69) is 22.5 Å². The lowest BCUT2D eigenvalue weighted by molar-refractivity contribution is -0.141. The number of hydrogen-bond donors (Lipinski definition) is 2. The molecule has 1 aliphatic carbocycles. The van der Waals surface area contributed by atoms with E-state index in [9.17, 15) is 18.0 Å². The summed E-state index contributed by atoms with van der Waals surface area (Å²) in [5, 5.41) is 5.70. The molecule has 7 heteroatoms. The van der Waals surface area contributed by atoms with E-state index in [1.54, 1.807) is 6.92 Å². The number of piperidine rings is 1. The van der Waals surface area contributed by atoms with Gasteiger partial charge in [0.2, 0.25) is 5.91 Å². The minimum Gasteiger partial charge on any atom is -0.309 e. The summed E-state index contributed by atoms with van der Waals surface area (Å²) in [4.78, 5) is 15.7. The molecule has 4 nitrogen and oxygen atoms in total. The Labute approximate surface area is 120 Å². The molecule has 2 heterocycles. The molecule has 3 rings (SSSR count). The third-order valence-corrected chi connectivity index (χ3v) is 4.37. The Balaban J connectivity index is 1.74. The number of carbonyl (C=O) groups excluding carboxylic acids is 1. The van der Waals surface area contributed by atoms with Crippen LogP contribution in [0, 0.1) is 12.3 Å². The Morgan fingerprint density at radius 3 is 2.71 bits per heavy atom. The number of fused-ring (bicyclic) bond motifs is 1. The predicted molar refractivity (Wildman–Crippen MR) is 70.7 cm³/mol. The number of halogens is 3. The summed E-state index contributed by atoms with van der Waals surface area (Å²) in [6.45, 7) is 3.72. The molecular weight excluding hydrogens is 283 g/mol. The summed E-state index contributed by atoms with van der Waals surface area (Å²) in [6, 6.07) is 2.22. The number of alkyl halides is 3. The average Bonchev–Trinajstić information content (AvgIpc) is 2.88. The predicted octanol–water partition coefficient (Wildman–Crippen LogP) is 2.49. The number of nitrogens with one attached hydrogen (secondary N) is 2. The molecule has 1 aliphatic heterocycles. The SMILES string of the molecule is Cc1ccc(C(F)(F)F)nc1NC(=O)[C@@H]1C[C@@]2(C)C[C@H]2N1. The van der Waals surface area contributed by atoms with Gasteiger partial charge in [0.15, 0.2) is 0 Å². The molecule has 114 valence electrons. The second kappa shape index (κ2) is 4.43. The van der Waals surface area contributed by atoms with Crippen LogP contribution in [0.3, 0.4) is 0 Å². The second-order valence-electron chi connectivity index (χ2n) is 6.18. The molecule has 1 amide bonds. The Morgan fingerprint density at radius 2 is 2.14 bits per heavy atom. The van der Waals surface area contributed by atoms with Crippen LogP contribution in [-0.2, 0) is 11.0 Å². The highest BCUT2D eigenvalue weighted by Gasteiger charge is 2.58. The first-order valence-electron chi connectivity index (χ1n) is 6.81. The largest absolute Gasteiger partial charge is 0.433 e. The van der Waals surface area contributed by atoms with E-state index in [0.717, 1.165) is 12.5 Å². The summed E-state index contributed by atoms with van der Waals surface area (Å²) in [5.41, 5.74) is -0.332. The average molecular weight is 299 g/mol. The first-order valence-corrected chi connectivity index (χ1v) is 6.81. The molecule has 3 atom stereocenters. The van der Waals surface area contributed by atoms with Crippen molar-refractivity contribution >= 4 is 11.7 Å². The molecule has 0 unspecified atom stereocenters. The molecule has 2 N–H and O–H groups in total. The van der Waals surface area contributed by atoms with Gasteiger partial charge >= 0.3 is 6.18 Å². The Bertz CT molecular complexity index is 602. The van der Waals surface area contributed by atoms with Crippen LogP contribution in [0.1, 0.15) is 31.0 Å². The van der Waals surface area contributed by atoms with Crippen molar-refractivity contribution in [2.24, 2.45) is 5.41 Å². The topological polar surface area (TPSA) is 54.0 Å². The molecule has 0 spiro atoms. The van der Waals surface area contributed by atoms with Crippen LogP contribution >= 0.6 is 0 Å². The van der Waals surface area contributed by atoms with Crippen LogP contribution in [-0.4, -0.2) is 23.0 Å². The zero-order valence-corrected chi connectivity index (χ0v) is 11.7. The van der Waals surface area contributed by atoms with Gasteiger partial charge in [-0.2, -0.15) is 13.2 Å². The van der Waals surface area contributed by atoms with Crippen LogP contribution in [0.4, 0.5) is 19.0 Å². The van der Waals surface area contributed by atoms with Crippen LogP contribution in [0.5, 0.6) is 0 Å². The standard InChI is InChI=1S/C14H16F3N3O/c1-7-3-4-9(14(15,16)17)19-11(7)20-12(21)8-5-13(2)6-10(13)18-8/h3-4,8,10,18H,5-6H2,1-2H3,(H,19,20,21)/t8-,10+,13-/m0/s1. The van der Waals surface area contributed by atoms with Gasteiger partial charge in [0.1, 0.15) is 11.5 Å². The lowest BCUT2D eigenvalue weighted by atomic mass is 10.0. The minimum absolute atomic E-state index is 0.0256. The van der Waals surface area contributed by atoms with Crippen molar-refractivity contribution in [3.8, 4) is 0 Å². The van der Waals surface area contributed by atoms with Gasteiger partial charge in [0.25, 0.3) is 0 Å². The van der Waals surface area contributed by atoms with Crippen molar-refractivity contribution in [3.63, 3.8) is 0 Å². The van der Waals surface area contributed by atoms with Crippen molar-refractivity contribution in [2.45, 2.75) is 44.9 Å². The van der Waals surface area contributed by atoms with Crippen molar-refractivity contribution < 1.29 is 18.0 Å². The van der Waals surface area contributed by atoms with Crippen LogP contribution < -0.4 is 10.6 Å². The van der Waals surface area contributed by atoms with Gasteiger partial charge in [-0.1, -0.05) is 13.0 Å². The summed E-state index contributed by atoms with van der Waals surface area (Å²) in [7, 11) is 0. The van der Waals surface area contributed by atoms with E-state index >= 15 is 0 Å². The fourth-order valence-corrected chi connectivity index (χ4v) is 2.85. The van der Waals surface area contributed by atoms with E-state index in [0.29, 0.717) is 18.0 Å². The highest BCUT2D eigenvalue weighted by molar-refractivity contribution is 5.95. The molecular formula is C14H16F3N3O. The van der Waals surface area contributed by atoms with E-state index in [1.165, 1.54) is 6.07 Å². The highest BCUT2D eigenvalue weighted by Crippen LogP contribution is 2.53. The van der Waals surface area contributed by atoms with E-state index in [1.807, 2.05) is 0 Å². The fraction of sp³-hybridized carbons (Fsp3) is 0.571. The van der Waals surface area contributed by atoms with Gasteiger partial charge in [-0.25, -0.2) is 4.98 Å². The first kappa shape index (κ1) is 14.3. The maximum absolute atomic E-state index is 12.7. The van der Waals surface area contributed by atoms with Gasteiger partial charge in [-0.05, 0) is 36.8 Å². The van der Waals surface area contributed by atoms with Crippen molar-refractivity contribution in [1.29, 1.82) is 0 Å². The zero-order chi connectivity index (χ0) is 15.4. The molecule has 1 saturated heterocycles. The first-order chi connectivity index (χ1) is 9.69. The Kier molecular flexibility index (Phi) is 3.02. The number of hydrogen-bond acceptors (Lipinski definition) is 3. The van der Waals surface area contributed by atoms with Gasteiger partial charge < -0.3 is 10.6 Å². The van der Waals surface area contributed by atoms with Crippen molar-refractivity contribution in [2.75, 3.05) is 5.32 Å². The van der Waals surface area contributed by atoms with Crippen LogP contribution in [0.25, 0.3) is 0 Å². The number of pyridine rings is 1. The summed E-state index contributed by atoms with van der Waals surface area (Å²) >= 11 is 0. The lowest BCUT2D eigenvalue weighted by Gasteiger charge is -2.16. The quantitative estimate of drug-likeness (QED) is 0.882. The molecule has 21 heavy (non-hydrogen) atoms. The Morgan fingerprint density at radius 1 is 1.43 bits per heavy atom. The van der Waals surface area contributed by atoms with Crippen molar-refractivity contribution in [1.82, 2.24) is 10.3 Å². The number of amides is 1. The van der Waals surface area contributed by atoms with E-state index in [-0.39, 0.29) is 23.2 Å². The number of rotatable bonds is 2. The monoisotopic (exact) mass is 299 g/mol. The number of aryl methyl sites for hydroxylation is 1. The maximum atomic E-state index is 12.7. The van der Waals surface area contributed by atoms with Gasteiger partial charge in [0.05, 0.1) is 6.04 Å². The summed E-state index contributed by atoms with van der Waals surface area (Å²) < 4.78 is 38.0. The molecule has 1 saturated carbocycles. The molecule has 1 aromatic rings. The number of carbonyl (C=O) groups is 1. The lowest BCUT2D eigenvalue weighted by Crippen LogP contribution is -2.38.